The molecule has 0 saturated heterocycles. The van der Waals surface area contributed by atoms with Crippen LogP contribution in [0.1, 0.15) is 0 Å². The molecule has 0 aliphatic carbocycles. The van der Waals surface area contributed by atoms with E-state index in [2.05, 4.69) is 0 Å². The van der Waals surface area contributed by atoms with E-state index in [-0.39, 0.29) is 88.7 Å². The maximum absolute atomic E-state index is 10.0. The molecule has 0 saturated carbocycles. The van der Waals surface area contributed by atoms with Crippen LogP contribution in [0.3, 0.4) is 0 Å². The molecule has 0 radical (unpaired) electrons. The zero-order valence-corrected chi connectivity index (χ0v) is 7.91. The van der Waals surface area contributed by atoms with Gasteiger partial charge in [-0.15, -0.1) is 0 Å². The van der Waals surface area contributed by atoms with Crippen molar-refractivity contribution in [3.8, 4) is 0 Å². The Morgan fingerprint density at radius 3 is 0.688 bits per heavy atom. The molecule has 16 heteroatoms. The van der Waals surface area contributed by atoms with Crippen molar-refractivity contribution >= 4 is 120 Å². The molecule has 0 aliphatic rings. The third-order valence-electron chi connectivity index (χ3n) is 0.565. The fourth-order valence-electron chi connectivity index (χ4n) is 0.357. The number of nitrogens with zero attached hydrogens (tertiary/aromatic N) is 1. The third-order valence-corrected chi connectivity index (χ3v) is 5.09. The predicted octanol–water partition coefficient (Wildman–Crippen LogP) is -4.25. The van der Waals surface area contributed by atoms with Crippen molar-refractivity contribution in [2.75, 3.05) is 0 Å². The Morgan fingerprint density at radius 2 is 0.688 bits per heavy atom. The normalized spacial score (nSPS) is 12.0. The summed E-state index contributed by atoms with van der Waals surface area (Å²) in [6.07, 6.45) is 0. The van der Waals surface area contributed by atoms with E-state index in [0.29, 0.717) is 0 Å². The van der Waals surface area contributed by atoms with Crippen molar-refractivity contribution in [1.82, 2.24) is 3.12 Å². The first-order valence-corrected chi connectivity index (χ1v) is 6.29. The first-order valence-electron chi connectivity index (χ1n) is 2.10. The summed E-state index contributed by atoms with van der Waals surface area (Å²) in [6, 6.07) is 0. The van der Waals surface area contributed by atoms with E-state index >= 15 is 0 Å². The van der Waals surface area contributed by atoms with E-state index in [1.165, 1.54) is 0 Å². The number of rotatable bonds is 3. The molecule has 10 nitrogen and oxygen atoms in total. The zero-order valence-electron chi connectivity index (χ0n) is 5.46. The quantitative estimate of drug-likeness (QED) is 0.343. The second kappa shape index (κ2) is 8.78. The maximum atomic E-state index is 10.0. The van der Waals surface area contributed by atoms with Crippen molar-refractivity contribution < 1.29 is 38.9 Å². The van der Waals surface area contributed by atoms with Gasteiger partial charge < -0.3 is 0 Å². The molecule has 0 amide bonds. The van der Waals surface area contributed by atoms with Crippen LogP contribution < -0.4 is 0 Å². The van der Waals surface area contributed by atoms with Gasteiger partial charge in [0.15, 0.2) is 0 Å². The Bertz CT molecular complexity index is 408. The fourth-order valence-corrected chi connectivity index (χ4v) is 3.21. The van der Waals surface area contributed by atoms with Gasteiger partial charge in [0.05, 0.1) is 3.12 Å². The molecule has 86 valence electrons. The van der Waals surface area contributed by atoms with Crippen LogP contribution in [0.25, 0.3) is 0 Å². The monoisotopic (exact) mass is 329 g/mol. The molecule has 0 unspecified atom stereocenters. The van der Waals surface area contributed by atoms with Gasteiger partial charge >= 0.3 is 120 Å². The first kappa shape index (κ1) is 27.1. The van der Waals surface area contributed by atoms with Crippen LogP contribution in [0.4, 0.5) is 0 Å². The Balaban J connectivity index is -0.000000240. The fraction of sp³-hybridized carbons (Fsp3) is 0. The van der Waals surface area contributed by atoms with E-state index in [1.807, 2.05) is 0 Å². The number of hydrogen-bond acceptors (Lipinski definition) is 6. The number of hydrogen-bond donors (Lipinski definition) is 3. The van der Waals surface area contributed by atoms with E-state index in [1.54, 1.807) is 0 Å². The minimum atomic E-state index is -5.82. The molecule has 3 N–H and O–H groups in total. The average Bonchev–Trinajstić information content (AvgIpc) is 1.44. The van der Waals surface area contributed by atoms with Crippen molar-refractivity contribution in [2.45, 2.75) is 0 Å². The Kier molecular flexibility index (Phi) is 14.9. The van der Waals surface area contributed by atoms with Gasteiger partial charge in [0.1, 0.15) is 0 Å². The Hall–Kier alpha value is 2.69. The van der Waals surface area contributed by atoms with E-state index in [9.17, 15) is 25.3 Å². The standard InChI is InChI=1S/H3NO9S3.3Na.3H/c2-11(3,4)1(12(5,6)7)13(8,9)10;;;;;;/h(H,2,3,4)(H,5,6,7)(H,8,9,10);;;;;;. The van der Waals surface area contributed by atoms with Crippen LogP contribution in [0, 0.1) is 0 Å². The summed E-state index contributed by atoms with van der Waals surface area (Å²) in [6.45, 7) is 0. The van der Waals surface area contributed by atoms with Gasteiger partial charge in [0, 0.05) is 0 Å². The molecule has 0 fully saturated rings. The summed E-state index contributed by atoms with van der Waals surface area (Å²) in [5.74, 6) is 0. The van der Waals surface area contributed by atoms with Gasteiger partial charge in [0.25, 0.3) is 0 Å². The molecule has 0 bridgehead atoms. The van der Waals surface area contributed by atoms with E-state index in [0.717, 1.165) is 0 Å². The summed E-state index contributed by atoms with van der Waals surface area (Å²) in [7, 11) is -17.5. The van der Waals surface area contributed by atoms with E-state index in [4.69, 9.17) is 13.7 Å². The molecular weight excluding hydrogens is 323 g/mol. The summed E-state index contributed by atoms with van der Waals surface area (Å²) >= 11 is 0. The Labute approximate surface area is 159 Å². The third kappa shape index (κ3) is 9.60. The van der Waals surface area contributed by atoms with Gasteiger partial charge in [-0.25, -0.2) is 0 Å². The van der Waals surface area contributed by atoms with Crippen LogP contribution in [-0.4, -0.2) is 131 Å². The molecule has 16 heavy (non-hydrogen) atoms. The summed E-state index contributed by atoms with van der Waals surface area (Å²) in [5, 5.41) is 0. The van der Waals surface area contributed by atoms with Gasteiger partial charge in [0.2, 0.25) is 0 Å². The molecule has 0 spiro atoms. The van der Waals surface area contributed by atoms with Gasteiger partial charge in [-0.3, -0.25) is 13.7 Å². The molecule has 0 rings (SSSR count). The van der Waals surface area contributed by atoms with Gasteiger partial charge in [-0.05, 0) is 0 Å². The second-order valence-electron chi connectivity index (χ2n) is 1.57. The molecule has 0 aliphatic heterocycles. The molecule has 0 aromatic heterocycles. The summed E-state index contributed by atoms with van der Waals surface area (Å²) in [4.78, 5) is 0. The first-order chi connectivity index (χ1) is 5.37. The van der Waals surface area contributed by atoms with Crippen molar-refractivity contribution in [3.05, 3.63) is 0 Å². The van der Waals surface area contributed by atoms with Crippen molar-refractivity contribution in [1.29, 1.82) is 0 Å². The van der Waals surface area contributed by atoms with Crippen molar-refractivity contribution in [2.24, 2.45) is 0 Å². The van der Waals surface area contributed by atoms with Crippen LogP contribution in [0.15, 0.2) is 0 Å². The van der Waals surface area contributed by atoms with Crippen molar-refractivity contribution in [3.63, 3.8) is 0 Å². The average molecular weight is 329 g/mol. The molecule has 0 aromatic carbocycles. The summed E-state index contributed by atoms with van der Waals surface area (Å²) in [5.41, 5.74) is 0. The topological polar surface area (TPSA) is 166 Å². The second-order valence-corrected chi connectivity index (χ2v) is 6.04. The zero-order chi connectivity index (χ0) is 11.1. The Morgan fingerprint density at radius 1 is 0.562 bits per heavy atom. The van der Waals surface area contributed by atoms with Crippen LogP contribution in [0.5, 0.6) is 0 Å². The van der Waals surface area contributed by atoms with E-state index < -0.39 is 34.0 Å². The molecular formula is H6NNa3O9S3. The molecule has 0 heterocycles. The molecule has 0 aromatic rings. The minimum absolute atomic E-state index is 0. The molecule has 0 atom stereocenters. The SMILES string of the molecule is O=S(=O)(O)N(S(=O)(=O)O)S(=O)(=O)O.[NaH].[NaH].[NaH]. The van der Waals surface area contributed by atoms with Gasteiger partial charge in [-0.1, -0.05) is 0 Å². The van der Waals surface area contributed by atoms with Crippen LogP contribution in [-0.2, 0) is 30.9 Å². The summed E-state index contributed by atoms with van der Waals surface area (Å²) < 4.78 is 82.2. The van der Waals surface area contributed by atoms with Gasteiger partial charge in [-0.2, -0.15) is 25.3 Å². The van der Waals surface area contributed by atoms with Crippen LogP contribution in [0.2, 0.25) is 0 Å². The van der Waals surface area contributed by atoms with Crippen LogP contribution >= 0.6 is 0 Å². The predicted molar refractivity (Wildman–Crippen MR) is 57.9 cm³/mol.